The summed E-state index contributed by atoms with van der Waals surface area (Å²) in [5.41, 5.74) is 2.95. The van der Waals surface area contributed by atoms with Gasteiger partial charge in [-0.3, -0.25) is 0 Å². The van der Waals surface area contributed by atoms with E-state index in [-0.39, 0.29) is 0 Å². The zero-order valence-corrected chi connectivity index (χ0v) is 10.2. The fraction of sp³-hybridized carbons (Fsp3) is 0.167. The number of nitrogens with zero attached hydrogens (tertiary/aromatic N) is 3. The van der Waals surface area contributed by atoms with E-state index in [1.807, 2.05) is 42.0 Å². The number of thiazole rings is 1. The molecule has 0 atom stereocenters. The highest BCUT2D eigenvalue weighted by atomic mass is 32.1. The lowest BCUT2D eigenvalue weighted by Crippen LogP contribution is -2.04. The van der Waals surface area contributed by atoms with Gasteiger partial charge in [0, 0.05) is 24.3 Å². The third-order valence-corrected chi connectivity index (χ3v) is 3.41. The summed E-state index contributed by atoms with van der Waals surface area (Å²) in [6.07, 6.45) is 4.01. The van der Waals surface area contributed by atoms with Gasteiger partial charge in [0.05, 0.1) is 5.69 Å². The van der Waals surface area contributed by atoms with Gasteiger partial charge >= 0.3 is 0 Å². The van der Waals surface area contributed by atoms with Gasteiger partial charge in [0.1, 0.15) is 16.3 Å². The Morgan fingerprint density at radius 3 is 3.12 bits per heavy atom. The molecule has 5 heteroatoms. The topological polar surface area (TPSA) is 42.2 Å². The average molecular weight is 244 g/mol. The predicted molar refractivity (Wildman–Crippen MR) is 69.1 cm³/mol. The van der Waals surface area contributed by atoms with Crippen molar-refractivity contribution in [2.45, 2.75) is 6.54 Å². The number of hydrogen-bond acceptors (Lipinski definition) is 4. The molecule has 17 heavy (non-hydrogen) atoms. The molecule has 3 aromatic heterocycles. The first-order chi connectivity index (χ1) is 8.36. The molecule has 0 saturated carbocycles. The molecule has 4 nitrogen and oxygen atoms in total. The number of imidazole rings is 1. The van der Waals surface area contributed by atoms with Crippen molar-refractivity contribution >= 4 is 17.0 Å². The minimum atomic E-state index is 0.796. The summed E-state index contributed by atoms with van der Waals surface area (Å²) >= 11 is 1.63. The third-order valence-electron chi connectivity index (χ3n) is 2.49. The average Bonchev–Trinajstić information content (AvgIpc) is 2.94. The first kappa shape index (κ1) is 10.4. The lowest BCUT2D eigenvalue weighted by atomic mass is 10.4. The number of fused-ring (bicyclic) bond motifs is 1. The van der Waals surface area contributed by atoms with Crippen LogP contribution in [0.2, 0.25) is 0 Å². The third kappa shape index (κ3) is 1.94. The summed E-state index contributed by atoms with van der Waals surface area (Å²) in [5.74, 6) is 0. The summed E-state index contributed by atoms with van der Waals surface area (Å²) < 4.78 is 2.01. The van der Waals surface area contributed by atoms with Crippen molar-refractivity contribution in [2.75, 3.05) is 7.05 Å². The highest BCUT2D eigenvalue weighted by Gasteiger charge is 2.08. The monoisotopic (exact) mass is 244 g/mol. The summed E-state index contributed by atoms with van der Waals surface area (Å²) in [6, 6.07) is 5.97. The zero-order valence-electron chi connectivity index (χ0n) is 9.42. The second-order valence-corrected chi connectivity index (χ2v) is 4.62. The Kier molecular flexibility index (Phi) is 2.62. The van der Waals surface area contributed by atoms with Gasteiger partial charge in [-0.05, 0) is 19.2 Å². The Balaban J connectivity index is 2.01. The molecule has 0 aliphatic carbocycles. The van der Waals surface area contributed by atoms with Crippen molar-refractivity contribution in [2.24, 2.45) is 0 Å². The van der Waals surface area contributed by atoms with Crippen LogP contribution in [0, 0.1) is 0 Å². The molecule has 0 aliphatic heterocycles. The van der Waals surface area contributed by atoms with Crippen LogP contribution in [0.1, 0.15) is 5.69 Å². The highest BCUT2D eigenvalue weighted by Crippen LogP contribution is 2.23. The highest BCUT2D eigenvalue weighted by molar-refractivity contribution is 7.13. The minimum absolute atomic E-state index is 0.796. The van der Waals surface area contributed by atoms with Crippen molar-refractivity contribution in [1.82, 2.24) is 19.7 Å². The van der Waals surface area contributed by atoms with E-state index in [2.05, 4.69) is 20.7 Å². The Hall–Kier alpha value is -1.72. The van der Waals surface area contributed by atoms with Crippen LogP contribution in [0.4, 0.5) is 0 Å². The van der Waals surface area contributed by atoms with Gasteiger partial charge in [-0.1, -0.05) is 6.07 Å². The summed E-state index contributed by atoms with van der Waals surface area (Å²) in [7, 11) is 1.92. The second-order valence-electron chi connectivity index (χ2n) is 3.77. The van der Waals surface area contributed by atoms with E-state index in [9.17, 15) is 0 Å². The molecule has 0 fully saturated rings. The van der Waals surface area contributed by atoms with Crippen LogP contribution in [0.15, 0.2) is 36.0 Å². The molecule has 0 aliphatic rings. The van der Waals surface area contributed by atoms with Crippen LogP contribution in [0.5, 0.6) is 0 Å². The smallest absolute Gasteiger partial charge is 0.143 e. The molecule has 0 spiro atoms. The van der Waals surface area contributed by atoms with Gasteiger partial charge in [-0.25, -0.2) is 9.97 Å². The van der Waals surface area contributed by atoms with E-state index in [4.69, 9.17) is 0 Å². The van der Waals surface area contributed by atoms with Gasteiger partial charge in [0.15, 0.2) is 0 Å². The Bertz CT molecular complexity index is 608. The van der Waals surface area contributed by atoms with E-state index in [0.29, 0.717) is 0 Å². The SMILES string of the molecule is CNCc1csc(-c2cn3ccccc3n2)n1. The standard InChI is InChI=1S/C12H12N4S/c1-13-6-9-8-17-12(14-9)10-7-16-5-3-2-4-11(16)15-10/h2-5,7-8,13H,6H2,1H3. The van der Waals surface area contributed by atoms with Crippen molar-refractivity contribution in [3.05, 3.63) is 41.7 Å². The molecule has 3 rings (SSSR count). The first-order valence-corrected chi connectivity index (χ1v) is 6.28. The molecular weight excluding hydrogens is 232 g/mol. The van der Waals surface area contributed by atoms with Crippen LogP contribution in [0.3, 0.4) is 0 Å². The van der Waals surface area contributed by atoms with E-state index >= 15 is 0 Å². The van der Waals surface area contributed by atoms with Crippen molar-refractivity contribution < 1.29 is 0 Å². The van der Waals surface area contributed by atoms with Crippen LogP contribution in [0.25, 0.3) is 16.3 Å². The van der Waals surface area contributed by atoms with E-state index in [0.717, 1.165) is 28.6 Å². The molecule has 3 heterocycles. The molecule has 0 aromatic carbocycles. The Labute approximate surface area is 103 Å². The van der Waals surface area contributed by atoms with Gasteiger partial charge in [0.2, 0.25) is 0 Å². The largest absolute Gasteiger partial charge is 0.314 e. The van der Waals surface area contributed by atoms with Gasteiger partial charge in [-0.2, -0.15) is 0 Å². The molecule has 86 valence electrons. The quantitative estimate of drug-likeness (QED) is 0.768. The maximum absolute atomic E-state index is 4.55. The van der Waals surface area contributed by atoms with Crippen molar-refractivity contribution in [3.63, 3.8) is 0 Å². The molecule has 1 N–H and O–H groups in total. The lowest BCUT2D eigenvalue weighted by Gasteiger charge is -1.90. The van der Waals surface area contributed by atoms with Gasteiger partial charge < -0.3 is 9.72 Å². The van der Waals surface area contributed by atoms with Crippen LogP contribution in [-0.2, 0) is 6.54 Å². The summed E-state index contributed by atoms with van der Waals surface area (Å²) in [6.45, 7) is 0.796. The molecule has 0 unspecified atom stereocenters. The van der Waals surface area contributed by atoms with Gasteiger partial charge in [0.25, 0.3) is 0 Å². The van der Waals surface area contributed by atoms with Crippen molar-refractivity contribution in [1.29, 1.82) is 0 Å². The lowest BCUT2D eigenvalue weighted by molar-refractivity contribution is 0.798. The normalized spacial score (nSPS) is 11.1. The van der Waals surface area contributed by atoms with Crippen LogP contribution >= 0.6 is 11.3 Å². The maximum Gasteiger partial charge on any atom is 0.143 e. The number of nitrogens with one attached hydrogen (secondary N) is 1. The zero-order chi connectivity index (χ0) is 11.7. The fourth-order valence-electron chi connectivity index (χ4n) is 1.72. The van der Waals surface area contributed by atoms with Gasteiger partial charge in [-0.15, -0.1) is 11.3 Å². The molecule has 0 amide bonds. The van der Waals surface area contributed by atoms with E-state index in [1.54, 1.807) is 11.3 Å². The molecule has 0 saturated heterocycles. The first-order valence-electron chi connectivity index (χ1n) is 5.40. The van der Waals surface area contributed by atoms with Crippen LogP contribution < -0.4 is 5.32 Å². The molecule has 3 aromatic rings. The number of aromatic nitrogens is 3. The predicted octanol–water partition coefficient (Wildman–Crippen LogP) is 2.18. The molecule has 0 radical (unpaired) electrons. The minimum Gasteiger partial charge on any atom is -0.314 e. The Morgan fingerprint density at radius 1 is 1.35 bits per heavy atom. The summed E-state index contributed by atoms with van der Waals surface area (Å²) in [5, 5.41) is 6.13. The Morgan fingerprint density at radius 2 is 2.29 bits per heavy atom. The van der Waals surface area contributed by atoms with E-state index in [1.165, 1.54) is 0 Å². The summed E-state index contributed by atoms with van der Waals surface area (Å²) in [4.78, 5) is 9.09. The second kappa shape index (κ2) is 4.27. The number of pyridine rings is 1. The fourth-order valence-corrected chi connectivity index (χ4v) is 2.50. The number of rotatable bonds is 3. The maximum atomic E-state index is 4.55. The van der Waals surface area contributed by atoms with E-state index < -0.39 is 0 Å². The van der Waals surface area contributed by atoms with Crippen LogP contribution in [-0.4, -0.2) is 21.4 Å². The van der Waals surface area contributed by atoms with Crippen molar-refractivity contribution in [3.8, 4) is 10.7 Å². The molecule has 0 bridgehead atoms. The molecular formula is C12H12N4S. The number of hydrogen-bond donors (Lipinski definition) is 1.